The van der Waals surface area contributed by atoms with Crippen molar-refractivity contribution in [3.05, 3.63) is 6.20 Å². The van der Waals surface area contributed by atoms with E-state index < -0.39 is 0 Å². The molecular weight excluding hydrogens is 340 g/mol. The Labute approximate surface area is 152 Å². The Morgan fingerprint density at radius 2 is 2.16 bits per heavy atom. The van der Waals surface area contributed by atoms with Gasteiger partial charge in [-0.25, -0.2) is 14.6 Å². The van der Waals surface area contributed by atoms with Crippen LogP contribution < -0.4 is 10.6 Å². The molecule has 0 bridgehead atoms. The maximum atomic E-state index is 11.4. The van der Waals surface area contributed by atoms with Crippen LogP contribution in [0.4, 0.5) is 5.82 Å². The van der Waals surface area contributed by atoms with Gasteiger partial charge in [0.15, 0.2) is 10.8 Å². The smallest absolute Gasteiger partial charge is 0.219 e. The largest absolute Gasteiger partial charge is 0.383 e. The SMILES string of the molecule is CCCSc1nc(NCCOC)c2cnn(CCNC(=O)CC)c2n1. The van der Waals surface area contributed by atoms with Gasteiger partial charge in [0.1, 0.15) is 5.82 Å². The number of thioether (sulfide) groups is 1. The number of hydrogen-bond acceptors (Lipinski definition) is 7. The van der Waals surface area contributed by atoms with Gasteiger partial charge >= 0.3 is 0 Å². The van der Waals surface area contributed by atoms with E-state index in [9.17, 15) is 4.79 Å². The minimum atomic E-state index is 0.0344. The summed E-state index contributed by atoms with van der Waals surface area (Å²) in [5.74, 6) is 1.76. The number of ether oxygens (including phenoxy) is 1. The highest BCUT2D eigenvalue weighted by Crippen LogP contribution is 2.24. The van der Waals surface area contributed by atoms with Crippen molar-refractivity contribution in [1.29, 1.82) is 0 Å². The van der Waals surface area contributed by atoms with Gasteiger partial charge in [-0.15, -0.1) is 0 Å². The van der Waals surface area contributed by atoms with E-state index in [1.54, 1.807) is 25.1 Å². The van der Waals surface area contributed by atoms with Crippen LogP contribution in [0, 0.1) is 0 Å². The normalized spacial score (nSPS) is 11.0. The molecule has 2 heterocycles. The summed E-state index contributed by atoms with van der Waals surface area (Å²) >= 11 is 1.63. The van der Waals surface area contributed by atoms with E-state index in [4.69, 9.17) is 4.74 Å². The lowest BCUT2D eigenvalue weighted by Crippen LogP contribution is -2.26. The van der Waals surface area contributed by atoms with Crippen molar-refractivity contribution < 1.29 is 9.53 Å². The van der Waals surface area contributed by atoms with Crippen molar-refractivity contribution >= 4 is 34.5 Å². The van der Waals surface area contributed by atoms with E-state index in [0.29, 0.717) is 32.7 Å². The second kappa shape index (κ2) is 10.2. The van der Waals surface area contributed by atoms with Crippen molar-refractivity contribution in [2.75, 3.05) is 37.9 Å². The van der Waals surface area contributed by atoms with Crippen LogP contribution in [-0.2, 0) is 16.1 Å². The molecule has 1 amide bonds. The molecule has 2 rings (SSSR count). The van der Waals surface area contributed by atoms with Crippen LogP contribution in [0.5, 0.6) is 0 Å². The fourth-order valence-corrected chi connectivity index (χ4v) is 2.88. The molecule has 138 valence electrons. The molecule has 0 aromatic carbocycles. The zero-order chi connectivity index (χ0) is 18.1. The quantitative estimate of drug-likeness (QED) is 0.356. The van der Waals surface area contributed by atoms with E-state index in [-0.39, 0.29) is 5.91 Å². The average Bonchev–Trinajstić information content (AvgIpc) is 3.03. The predicted molar refractivity (Wildman–Crippen MR) is 100 cm³/mol. The maximum absolute atomic E-state index is 11.4. The topological polar surface area (TPSA) is 94.0 Å². The van der Waals surface area contributed by atoms with Crippen LogP contribution in [0.2, 0.25) is 0 Å². The number of nitrogens with zero attached hydrogens (tertiary/aromatic N) is 4. The Morgan fingerprint density at radius 3 is 2.88 bits per heavy atom. The molecule has 0 unspecified atom stereocenters. The Bertz CT molecular complexity index is 691. The van der Waals surface area contributed by atoms with E-state index >= 15 is 0 Å². The third kappa shape index (κ3) is 5.57. The first-order chi connectivity index (χ1) is 12.2. The van der Waals surface area contributed by atoms with Crippen molar-refractivity contribution in [2.45, 2.75) is 38.4 Å². The Morgan fingerprint density at radius 1 is 1.32 bits per heavy atom. The number of hydrogen-bond donors (Lipinski definition) is 2. The second-order valence-corrected chi connectivity index (χ2v) is 6.49. The van der Waals surface area contributed by atoms with Gasteiger partial charge in [0.05, 0.1) is 24.7 Å². The third-order valence-corrected chi connectivity index (χ3v) is 4.53. The van der Waals surface area contributed by atoms with Gasteiger partial charge in [-0.1, -0.05) is 25.6 Å². The fourth-order valence-electron chi connectivity index (χ4n) is 2.19. The van der Waals surface area contributed by atoms with Crippen LogP contribution in [0.3, 0.4) is 0 Å². The number of fused-ring (bicyclic) bond motifs is 1. The average molecular weight is 366 g/mol. The highest BCUT2D eigenvalue weighted by molar-refractivity contribution is 7.99. The first kappa shape index (κ1) is 19.5. The van der Waals surface area contributed by atoms with Crippen LogP contribution in [0.15, 0.2) is 11.4 Å². The van der Waals surface area contributed by atoms with E-state index in [2.05, 4.69) is 32.6 Å². The minimum absolute atomic E-state index is 0.0344. The first-order valence-electron chi connectivity index (χ1n) is 8.55. The first-order valence-corrected chi connectivity index (χ1v) is 9.54. The Hall–Kier alpha value is -1.87. The summed E-state index contributed by atoms with van der Waals surface area (Å²) in [6.07, 6.45) is 3.30. The summed E-state index contributed by atoms with van der Waals surface area (Å²) in [6, 6.07) is 0. The number of carbonyl (C=O) groups excluding carboxylic acids is 1. The van der Waals surface area contributed by atoms with Crippen molar-refractivity contribution in [1.82, 2.24) is 25.1 Å². The molecule has 25 heavy (non-hydrogen) atoms. The lowest BCUT2D eigenvalue weighted by Gasteiger charge is -2.09. The molecule has 2 aromatic heterocycles. The molecule has 0 aliphatic rings. The van der Waals surface area contributed by atoms with Gasteiger partial charge in [0, 0.05) is 32.4 Å². The van der Waals surface area contributed by atoms with Crippen molar-refractivity contribution in [3.8, 4) is 0 Å². The molecule has 0 aliphatic carbocycles. The van der Waals surface area contributed by atoms with Gasteiger partial charge in [-0.05, 0) is 6.42 Å². The number of rotatable bonds is 11. The molecule has 2 aromatic rings. The summed E-state index contributed by atoms with van der Waals surface area (Å²) in [5, 5.41) is 12.2. The zero-order valence-corrected chi connectivity index (χ0v) is 15.9. The molecule has 0 spiro atoms. The summed E-state index contributed by atoms with van der Waals surface area (Å²) in [4.78, 5) is 20.6. The summed E-state index contributed by atoms with van der Waals surface area (Å²) in [7, 11) is 1.67. The minimum Gasteiger partial charge on any atom is -0.383 e. The van der Waals surface area contributed by atoms with Gasteiger partial charge in [0.2, 0.25) is 5.91 Å². The maximum Gasteiger partial charge on any atom is 0.219 e. The molecule has 0 saturated carbocycles. The van der Waals surface area contributed by atoms with Crippen molar-refractivity contribution in [3.63, 3.8) is 0 Å². The van der Waals surface area contributed by atoms with Crippen LogP contribution in [0.25, 0.3) is 11.0 Å². The molecule has 0 aliphatic heterocycles. The summed E-state index contributed by atoms with van der Waals surface area (Å²) in [5.41, 5.74) is 0.777. The number of aromatic nitrogens is 4. The molecule has 0 fully saturated rings. The van der Waals surface area contributed by atoms with Crippen LogP contribution >= 0.6 is 11.8 Å². The van der Waals surface area contributed by atoms with Crippen LogP contribution in [0.1, 0.15) is 26.7 Å². The second-order valence-electron chi connectivity index (χ2n) is 5.43. The predicted octanol–water partition coefficient (Wildman–Crippen LogP) is 1.91. The molecule has 0 saturated heterocycles. The highest BCUT2D eigenvalue weighted by atomic mass is 32.2. The van der Waals surface area contributed by atoms with E-state index in [1.165, 1.54) is 0 Å². The summed E-state index contributed by atoms with van der Waals surface area (Å²) in [6.45, 7) is 6.32. The zero-order valence-electron chi connectivity index (χ0n) is 15.0. The lowest BCUT2D eigenvalue weighted by molar-refractivity contribution is -0.120. The van der Waals surface area contributed by atoms with Gasteiger partial charge in [-0.3, -0.25) is 4.79 Å². The molecule has 0 atom stereocenters. The van der Waals surface area contributed by atoms with E-state index in [0.717, 1.165) is 34.2 Å². The number of nitrogens with one attached hydrogen (secondary N) is 2. The third-order valence-electron chi connectivity index (χ3n) is 3.48. The molecule has 8 nitrogen and oxygen atoms in total. The lowest BCUT2D eigenvalue weighted by atomic mass is 10.4. The summed E-state index contributed by atoms with van der Waals surface area (Å²) < 4.78 is 6.90. The van der Waals surface area contributed by atoms with Gasteiger partial charge < -0.3 is 15.4 Å². The fraction of sp³-hybridized carbons (Fsp3) is 0.625. The Balaban J connectivity index is 2.21. The highest BCUT2D eigenvalue weighted by Gasteiger charge is 2.13. The number of amides is 1. The van der Waals surface area contributed by atoms with E-state index in [1.807, 2.05) is 11.6 Å². The number of anilines is 1. The number of methoxy groups -OCH3 is 1. The number of carbonyl (C=O) groups is 1. The Kier molecular flexibility index (Phi) is 7.93. The van der Waals surface area contributed by atoms with Gasteiger partial charge in [0.25, 0.3) is 0 Å². The van der Waals surface area contributed by atoms with Gasteiger partial charge in [-0.2, -0.15) is 5.10 Å². The molecule has 0 radical (unpaired) electrons. The molecule has 2 N–H and O–H groups in total. The molecule has 9 heteroatoms. The monoisotopic (exact) mass is 366 g/mol. The standard InChI is InChI=1S/C16H26N6O2S/c1-4-10-25-16-20-14(18-7-9-24-3)12-11-19-22(15(12)21-16)8-6-17-13(23)5-2/h11H,4-10H2,1-3H3,(H,17,23)(H,18,20,21). The van der Waals surface area contributed by atoms with Crippen LogP contribution in [-0.4, -0.2) is 58.2 Å². The van der Waals surface area contributed by atoms with Crippen molar-refractivity contribution in [2.24, 2.45) is 0 Å². The molecular formula is C16H26N6O2S.